The third-order valence-corrected chi connectivity index (χ3v) is 2.53. The highest BCUT2D eigenvalue weighted by atomic mass is 19.3. The molecule has 0 aliphatic carbocycles. The second-order valence-corrected chi connectivity index (χ2v) is 4.29. The molecule has 0 aliphatic rings. The van der Waals surface area contributed by atoms with Crippen molar-refractivity contribution < 1.29 is 23.5 Å². The van der Waals surface area contributed by atoms with E-state index >= 15 is 0 Å². The minimum atomic E-state index is -3.38. The number of alkyl halides is 2. The molecule has 0 spiro atoms. The monoisotopic (exact) mass is 286 g/mol. The first-order valence-corrected chi connectivity index (χ1v) is 5.98. The van der Waals surface area contributed by atoms with E-state index in [-0.39, 0.29) is 0 Å². The van der Waals surface area contributed by atoms with E-state index in [0.29, 0.717) is 5.56 Å². The third kappa shape index (κ3) is 4.93. The zero-order valence-electron chi connectivity index (χ0n) is 10.9. The smallest absolute Gasteiger partial charge is 0.287 e. The van der Waals surface area contributed by atoms with E-state index in [1.54, 1.807) is 30.3 Å². The van der Waals surface area contributed by atoms with Gasteiger partial charge in [-0.05, 0) is 19.1 Å². The molecule has 0 aromatic heterocycles. The first-order valence-electron chi connectivity index (χ1n) is 5.98. The van der Waals surface area contributed by atoms with E-state index in [1.165, 1.54) is 6.92 Å². The molecule has 110 valence electrons. The summed E-state index contributed by atoms with van der Waals surface area (Å²) in [6.45, 7) is -0.945. The molecule has 1 unspecified atom stereocenters. The van der Waals surface area contributed by atoms with Crippen LogP contribution in [0.1, 0.15) is 17.3 Å². The molecular weight excluding hydrogens is 270 g/mol. The van der Waals surface area contributed by atoms with Gasteiger partial charge in [0, 0.05) is 5.56 Å². The van der Waals surface area contributed by atoms with Gasteiger partial charge in [-0.25, -0.2) is 8.78 Å². The second kappa shape index (κ2) is 6.95. The van der Waals surface area contributed by atoms with Gasteiger partial charge in [0.2, 0.25) is 5.91 Å². The van der Waals surface area contributed by atoms with Crippen LogP contribution >= 0.6 is 0 Å². The van der Waals surface area contributed by atoms with Crippen molar-refractivity contribution in [2.45, 2.75) is 18.9 Å². The van der Waals surface area contributed by atoms with Crippen molar-refractivity contribution in [3.05, 3.63) is 35.9 Å². The number of halogens is 2. The van der Waals surface area contributed by atoms with Gasteiger partial charge in [-0.15, -0.1) is 0 Å². The molecule has 2 amide bonds. The summed E-state index contributed by atoms with van der Waals surface area (Å²) in [4.78, 5) is 23.3. The van der Waals surface area contributed by atoms with Crippen molar-refractivity contribution in [2.24, 2.45) is 0 Å². The van der Waals surface area contributed by atoms with Crippen LogP contribution in [0.5, 0.6) is 0 Å². The van der Waals surface area contributed by atoms with Gasteiger partial charge < -0.3 is 15.7 Å². The fourth-order valence-corrected chi connectivity index (χ4v) is 1.36. The quantitative estimate of drug-likeness (QED) is 0.714. The fraction of sp³-hybridized carbons (Fsp3) is 0.385. The van der Waals surface area contributed by atoms with Gasteiger partial charge in [0.15, 0.2) is 0 Å². The third-order valence-electron chi connectivity index (χ3n) is 2.53. The fourth-order valence-electron chi connectivity index (χ4n) is 1.36. The average molecular weight is 286 g/mol. The highest BCUT2D eigenvalue weighted by Gasteiger charge is 2.29. The molecule has 3 N–H and O–H groups in total. The first-order chi connectivity index (χ1) is 9.35. The Morgan fingerprint density at radius 2 is 1.90 bits per heavy atom. The molecule has 1 atom stereocenters. The zero-order chi connectivity index (χ0) is 15.2. The predicted molar refractivity (Wildman–Crippen MR) is 68.4 cm³/mol. The lowest BCUT2D eigenvalue weighted by Crippen LogP contribution is -2.48. The van der Waals surface area contributed by atoms with E-state index in [1.807, 2.05) is 5.32 Å². The molecule has 0 saturated carbocycles. The zero-order valence-corrected chi connectivity index (χ0v) is 10.9. The van der Waals surface area contributed by atoms with Crippen LogP contribution in [0.25, 0.3) is 0 Å². The number of hydrogen-bond acceptors (Lipinski definition) is 3. The summed E-state index contributed by atoms with van der Waals surface area (Å²) in [6.07, 6.45) is 0. The molecular formula is C13H16F2N2O3. The maximum Gasteiger partial charge on any atom is 0.287 e. The standard InChI is InChI=1S/C13H16F2N2O3/c1-9(11(19)16-7-13(14,15)8-18)17-12(20)10-5-3-2-4-6-10/h2-6,9,18H,7-8H2,1H3,(H,16,19)(H,17,20). The first kappa shape index (κ1) is 16.0. The van der Waals surface area contributed by atoms with Crippen molar-refractivity contribution in [3.8, 4) is 0 Å². The minimum absolute atomic E-state index is 0.368. The molecule has 1 aromatic rings. The van der Waals surface area contributed by atoms with E-state index < -0.39 is 36.9 Å². The van der Waals surface area contributed by atoms with Gasteiger partial charge in [-0.1, -0.05) is 18.2 Å². The van der Waals surface area contributed by atoms with Gasteiger partial charge in [0.05, 0.1) is 6.54 Å². The molecule has 1 rings (SSSR count). The number of carbonyl (C=O) groups excluding carboxylic acids is 2. The predicted octanol–water partition coefficient (Wildman–Crippen LogP) is 0.549. The van der Waals surface area contributed by atoms with Crippen LogP contribution in [0, 0.1) is 0 Å². The van der Waals surface area contributed by atoms with Crippen LogP contribution < -0.4 is 10.6 Å². The van der Waals surface area contributed by atoms with E-state index in [9.17, 15) is 18.4 Å². The number of aliphatic hydroxyl groups is 1. The normalized spacial score (nSPS) is 12.6. The summed E-state index contributed by atoms with van der Waals surface area (Å²) in [7, 11) is 0. The highest BCUT2D eigenvalue weighted by molar-refractivity contribution is 5.97. The highest BCUT2D eigenvalue weighted by Crippen LogP contribution is 2.09. The van der Waals surface area contributed by atoms with Crippen LogP contribution in [0.15, 0.2) is 30.3 Å². The Balaban J connectivity index is 2.48. The Morgan fingerprint density at radius 3 is 2.45 bits per heavy atom. The number of carbonyl (C=O) groups is 2. The molecule has 5 nitrogen and oxygen atoms in total. The van der Waals surface area contributed by atoms with Crippen molar-refractivity contribution in [1.29, 1.82) is 0 Å². The molecule has 0 heterocycles. The molecule has 0 saturated heterocycles. The maximum atomic E-state index is 12.8. The van der Waals surface area contributed by atoms with Crippen molar-refractivity contribution in [3.63, 3.8) is 0 Å². The SMILES string of the molecule is CC(NC(=O)c1ccccc1)C(=O)NCC(F)(F)CO. The minimum Gasteiger partial charge on any atom is -0.390 e. The molecule has 7 heteroatoms. The average Bonchev–Trinajstić information content (AvgIpc) is 2.45. The maximum absolute atomic E-state index is 12.8. The molecule has 0 radical (unpaired) electrons. The van der Waals surface area contributed by atoms with Crippen LogP contribution in [0.2, 0.25) is 0 Å². The Morgan fingerprint density at radius 1 is 1.30 bits per heavy atom. The van der Waals surface area contributed by atoms with E-state index in [2.05, 4.69) is 5.32 Å². The van der Waals surface area contributed by atoms with Gasteiger partial charge >= 0.3 is 0 Å². The second-order valence-electron chi connectivity index (χ2n) is 4.29. The summed E-state index contributed by atoms with van der Waals surface area (Å²) in [5.74, 6) is -4.59. The number of hydrogen-bond donors (Lipinski definition) is 3. The summed E-state index contributed by atoms with van der Waals surface area (Å²) in [5, 5.41) is 12.7. The molecule has 1 aromatic carbocycles. The van der Waals surface area contributed by atoms with Crippen LogP contribution in [0.3, 0.4) is 0 Å². The van der Waals surface area contributed by atoms with Gasteiger partial charge in [0.25, 0.3) is 11.8 Å². The molecule has 0 aliphatic heterocycles. The largest absolute Gasteiger partial charge is 0.390 e. The Kier molecular flexibility index (Phi) is 5.57. The summed E-state index contributed by atoms with van der Waals surface area (Å²) in [5.41, 5.74) is 0.368. The van der Waals surface area contributed by atoms with Crippen molar-refractivity contribution >= 4 is 11.8 Å². The molecule has 0 fully saturated rings. The van der Waals surface area contributed by atoms with Crippen LogP contribution in [0.4, 0.5) is 8.78 Å². The topological polar surface area (TPSA) is 78.4 Å². The lowest BCUT2D eigenvalue weighted by atomic mass is 10.2. The number of benzene rings is 1. The van der Waals surface area contributed by atoms with Gasteiger partial charge in [-0.2, -0.15) is 0 Å². The Labute approximate surface area is 115 Å². The van der Waals surface area contributed by atoms with E-state index in [0.717, 1.165) is 0 Å². The lowest BCUT2D eigenvalue weighted by molar-refractivity contribution is -0.125. The molecule has 20 heavy (non-hydrogen) atoms. The summed E-state index contributed by atoms with van der Waals surface area (Å²) >= 11 is 0. The van der Waals surface area contributed by atoms with Crippen molar-refractivity contribution in [1.82, 2.24) is 10.6 Å². The van der Waals surface area contributed by atoms with Crippen LogP contribution in [-0.2, 0) is 4.79 Å². The number of nitrogens with one attached hydrogen (secondary N) is 2. The number of aliphatic hydroxyl groups excluding tert-OH is 1. The number of amides is 2. The Hall–Kier alpha value is -2.02. The van der Waals surface area contributed by atoms with E-state index in [4.69, 9.17) is 5.11 Å². The summed E-state index contributed by atoms with van der Waals surface area (Å²) < 4.78 is 25.5. The lowest BCUT2D eigenvalue weighted by Gasteiger charge is -2.17. The summed E-state index contributed by atoms with van der Waals surface area (Å²) in [6, 6.07) is 7.25. The Bertz CT molecular complexity index is 466. The molecule has 0 bridgehead atoms. The van der Waals surface area contributed by atoms with Gasteiger partial charge in [-0.3, -0.25) is 9.59 Å². The van der Waals surface area contributed by atoms with Gasteiger partial charge in [0.1, 0.15) is 12.6 Å². The van der Waals surface area contributed by atoms with Crippen molar-refractivity contribution in [2.75, 3.05) is 13.2 Å². The number of rotatable bonds is 6. The van der Waals surface area contributed by atoms with Crippen LogP contribution in [-0.4, -0.2) is 42.0 Å².